The third kappa shape index (κ3) is 3.93. The van der Waals surface area contributed by atoms with E-state index in [0.717, 1.165) is 5.56 Å². The average molecular weight is 320 g/mol. The Balaban J connectivity index is 1.58. The molecule has 0 spiro atoms. The van der Waals surface area contributed by atoms with E-state index in [-0.39, 0.29) is 5.91 Å². The lowest BCUT2D eigenvalue weighted by molar-refractivity contribution is 0.0976. The molecule has 0 atom stereocenters. The zero-order chi connectivity index (χ0) is 16.1. The van der Waals surface area contributed by atoms with Crippen molar-refractivity contribution in [1.82, 2.24) is 10.6 Å². The van der Waals surface area contributed by atoms with Crippen LogP contribution in [-0.4, -0.2) is 11.0 Å². The van der Waals surface area contributed by atoms with Gasteiger partial charge in [0.15, 0.2) is 5.11 Å². The molecule has 1 amide bonds. The molecule has 0 unspecified atom stereocenters. The number of hydrogen-bond acceptors (Lipinski definition) is 2. The maximum absolute atomic E-state index is 12.0. The van der Waals surface area contributed by atoms with E-state index in [0.29, 0.717) is 17.2 Å². The SMILES string of the molecule is O=C(NC(=S)NCc1ccc2ccccc2c1)c1ccccc1. The smallest absolute Gasteiger partial charge is 0.257 e. The van der Waals surface area contributed by atoms with Gasteiger partial charge in [-0.15, -0.1) is 0 Å². The van der Waals surface area contributed by atoms with Gasteiger partial charge in [-0.2, -0.15) is 0 Å². The van der Waals surface area contributed by atoms with E-state index in [4.69, 9.17) is 12.2 Å². The van der Waals surface area contributed by atoms with Gasteiger partial charge >= 0.3 is 0 Å². The summed E-state index contributed by atoms with van der Waals surface area (Å²) >= 11 is 5.18. The first kappa shape index (κ1) is 15.2. The van der Waals surface area contributed by atoms with Crippen LogP contribution in [0.25, 0.3) is 10.8 Å². The number of amides is 1. The van der Waals surface area contributed by atoms with Gasteiger partial charge in [0.1, 0.15) is 0 Å². The fourth-order valence-electron chi connectivity index (χ4n) is 2.34. The average Bonchev–Trinajstić information content (AvgIpc) is 2.60. The summed E-state index contributed by atoms with van der Waals surface area (Å²) < 4.78 is 0. The highest BCUT2D eigenvalue weighted by atomic mass is 32.1. The van der Waals surface area contributed by atoms with Crippen molar-refractivity contribution in [3.8, 4) is 0 Å². The van der Waals surface area contributed by atoms with Crippen LogP contribution in [0, 0.1) is 0 Å². The maximum Gasteiger partial charge on any atom is 0.257 e. The quantitative estimate of drug-likeness (QED) is 0.724. The summed E-state index contributed by atoms with van der Waals surface area (Å²) in [4.78, 5) is 12.0. The van der Waals surface area contributed by atoms with Crippen molar-refractivity contribution >= 4 is 34.0 Å². The van der Waals surface area contributed by atoms with E-state index in [1.807, 2.05) is 30.3 Å². The molecule has 0 saturated carbocycles. The van der Waals surface area contributed by atoms with Gasteiger partial charge in [-0.1, -0.05) is 54.6 Å². The molecule has 4 heteroatoms. The zero-order valence-corrected chi connectivity index (χ0v) is 13.3. The summed E-state index contributed by atoms with van der Waals surface area (Å²) in [5, 5.41) is 8.47. The van der Waals surface area contributed by atoms with Crippen LogP contribution in [-0.2, 0) is 6.54 Å². The molecular weight excluding hydrogens is 304 g/mol. The monoisotopic (exact) mass is 320 g/mol. The van der Waals surface area contributed by atoms with E-state index < -0.39 is 0 Å². The molecule has 2 N–H and O–H groups in total. The molecule has 0 bridgehead atoms. The van der Waals surface area contributed by atoms with E-state index in [1.54, 1.807) is 12.1 Å². The van der Waals surface area contributed by atoms with Crippen molar-refractivity contribution in [1.29, 1.82) is 0 Å². The first-order valence-electron chi connectivity index (χ1n) is 7.34. The maximum atomic E-state index is 12.0. The van der Waals surface area contributed by atoms with Gasteiger partial charge < -0.3 is 5.32 Å². The van der Waals surface area contributed by atoms with Gasteiger partial charge in [-0.3, -0.25) is 10.1 Å². The largest absolute Gasteiger partial charge is 0.358 e. The lowest BCUT2D eigenvalue weighted by atomic mass is 10.1. The van der Waals surface area contributed by atoms with Crippen LogP contribution in [0.5, 0.6) is 0 Å². The van der Waals surface area contributed by atoms with Crippen LogP contribution < -0.4 is 10.6 Å². The van der Waals surface area contributed by atoms with Crippen molar-refractivity contribution in [2.75, 3.05) is 0 Å². The van der Waals surface area contributed by atoms with Gasteiger partial charge in [-0.25, -0.2) is 0 Å². The summed E-state index contributed by atoms with van der Waals surface area (Å²) in [6.45, 7) is 0.568. The van der Waals surface area contributed by atoms with Gasteiger partial charge in [0.25, 0.3) is 5.91 Å². The molecule has 0 aliphatic carbocycles. The van der Waals surface area contributed by atoms with Crippen molar-refractivity contribution in [2.45, 2.75) is 6.54 Å². The number of carbonyl (C=O) groups excluding carboxylic acids is 1. The fourth-order valence-corrected chi connectivity index (χ4v) is 2.50. The Labute approximate surface area is 140 Å². The number of nitrogens with one attached hydrogen (secondary N) is 2. The minimum absolute atomic E-state index is 0.207. The second-order valence-corrected chi connectivity index (χ2v) is 5.59. The van der Waals surface area contributed by atoms with Crippen molar-refractivity contribution < 1.29 is 4.79 Å². The van der Waals surface area contributed by atoms with E-state index in [9.17, 15) is 4.79 Å². The van der Waals surface area contributed by atoms with Crippen molar-refractivity contribution in [3.63, 3.8) is 0 Å². The molecule has 0 aliphatic heterocycles. The highest BCUT2D eigenvalue weighted by Crippen LogP contribution is 2.15. The lowest BCUT2D eigenvalue weighted by Crippen LogP contribution is -2.38. The van der Waals surface area contributed by atoms with Gasteiger partial charge in [0.05, 0.1) is 0 Å². The minimum Gasteiger partial charge on any atom is -0.358 e. The van der Waals surface area contributed by atoms with Crippen molar-refractivity contribution in [3.05, 3.63) is 83.9 Å². The highest BCUT2D eigenvalue weighted by molar-refractivity contribution is 7.80. The molecular formula is C19H16N2OS. The number of carbonyl (C=O) groups is 1. The van der Waals surface area contributed by atoms with Crippen molar-refractivity contribution in [2.24, 2.45) is 0 Å². The molecule has 0 fully saturated rings. The highest BCUT2D eigenvalue weighted by Gasteiger charge is 2.06. The number of fused-ring (bicyclic) bond motifs is 1. The Hall–Kier alpha value is -2.72. The predicted molar refractivity (Wildman–Crippen MR) is 97.3 cm³/mol. The molecule has 0 aliphatic rings. The zero-order valence-electron chi connectivity index (χ0n) is 12.5. The first-order chi connectivity index (χ1) is 11.2. The number of benzene rings is 3. The molecule has 0 aromatic heterocycles. The number of hydrogen-bond donors (Lipinski definition) is 2. The summed E-state index contributed by atoms with van der Waals surface area (Å²) in [5.41, 5.74) is 1.70. The molecule has 3 rings (SSSR count). The molecule has 114 valence electrons. The Kier molecular flexibility index (Phi) is 4.64. The van der Waals surface area contributed by atoms with Crippen LogP contribution in [0.15, 0.2) is 72.8 Å². The Bertz CT molecular complexity index is 846. The molecule has 3 aromatic rings. The lowest BCUT2D eigenvalue weighted by Gasteiger charge is -2.10. The van der Waals surface area contributed by atoms with Crippen LogP contribution in [0.3, 0.4) is 0 Å². The standard InChI is InChI=1S/C19H16N2OS/c22-18(16-7-2-1-3-8-16)21-19(23)20-13-14-10-11-15-6-4-5-9-17(15)12-14/h1-12H,13H2,(H2,20,21,22,23). The molecule has 23 heavy (non-hydrogen) atoms. The fraction of sp³-hybridized carbons (Fsp3) is 0.0526. The molecule has 0 heterocycles. The topological polar surface area (TPSA) is 41.1 Å². The Morgan fingerprint density at radius 3 is 2.35 bits per heavy atom. The second-order valence-electron chi connectivity index (χ2n) is 5.18. The van der Waals surface area contributed by atoms with Gasteiger partial charge in [0, 0.05) is 12.1 Å². The van der Waals surface area contributed by atoms with Crippen LogP contribution in [0.2, 0.25) is 0 Å². The van der Waals surface area contributed by atoms with E-state index in [2.05, 4.69) is 41.0 Å². The minimum atomic E-state index is -0.207. The van der Waals surface area contributed by atoms with E-state index in [1.165, 1.54) is 10.8 Å². The predicted octanol–water partition coefficient (Wildman–Crippen LogP) is 3.64. The van der Waals surface area contributed by atoms with Crippen LogP contribution in [0.4, 0.5) is 0 Å². The summed E-state index contributed by atoms with van der Waals surface area (Å²) in [7, 11) is 0. The third-order valence-electron chi connectivity index (χ3n) is 3.53. The Morgan fingerprint density at radius 2 is 1.57 bits per heavy atom. The Morgan fingerprint density at radius 1 is 0.870 bits per heavy atom. The second kappa shape index (κ2) is 7.03. The molecule has 0 radical (unpaired) electrons. The van der Waals surface area contributed by atoms with Gasteiger partial charge in [0.2, 0.25) is 0 Å². The number of thiocarbonyl (C=S) groups is 1. The summed E-state index contributed by atoms with van der Waals surface area (Å²) in [6, 6.07) is 23.5. The van der Waals surface area contributed by atoms with Crippen LogP contribution >= 0.6 is 12.2 Å². The first-order valence-corrected chi connectivity index (χ1v) is 7.75. The van der Waals surface area contributed by atoms with E-state index >= 15 is 0 Å². The summed E-state index contributed by atoms with van der Waals surface area (Å²) in [5.74, 6) is -0.207. The normalized spacial score (nSPS) is 10.3. The van der Waals surface area contributed by atoms with Gasteiger partial charge in [-0.05, 0) is 46.8 Å². The summed E-state index contributed by atoms with van der Waals surface area (Å²) in [6.07, 6.45) is 0. The molecule has 3 aromatic carbocycles. The third-order valence-corrected chi connectivity index (χ3v) is 3.78. The number of rotatable bonds is 3. The molecule has 0 saturated heterocycles. The molecule has 3 nitrogen and oxygen atoms in total. The van der Waals surface area contributed by atoms with Crippen LogP contribution in [0.1, 0.15) is 15.9 Å².